The van der Waals surface area contributed by atoms with Crippen molar-refractivity contribution in [3.05, 3.63) is 49.3 Å². The SMILES string of the molecule is CN(c1cnc(-c2ccc(-n3ccnc3)cc2O)cn1)C1C[C@]2(C)CC[C@](C)(C1)N2. The number of aromatic nitrogens is 4. The van der Waals surface area contributed by atoms with Gasteiger partial charge in [0.2, 0.25) is 0 Å². The number of nitrogens with zero attached hydrogens (tertiary/aromatic N) is 5. The Balaban J connectivity index is 1.36. The molecule has 2 aliphatic rings. The van der Waals surface area contributed by atoms with E-state index in [4.69, 9.17) is 0 Å². The van der Waals surface area contributed by atoms with Crippen LogP contribution in [0.4, 0.5) is 5.82 Å². The van der Waals surface area contributed by atoms with E-state index in [1.165, 1.54) is 12.8 Å². The molecule has 7 heteroatoms. The highest BCUT2D eigenvalue weighted by molar-refractivity contribution is 5.68. The fraction of sp³-hybridized carbons (Fsp3) is 0.435. The van der Waals surface area contributed by atoms with Gasteiger partial charge in [-0.3, -0.25) is 4.98 Å². The number of aromatic hydroxyl groups is 1. The van der Waals surface area contributed by atoms with E-state index in [-0.39, 0.29) is 16.8 Å². The molecule has 2 aromatic heterocycles. The number of nitrogens with one attached hydrogen (secondary N) is 1. The summed E-state index contributed by atoms with van der Waals surface area (Å²) < 4.78 is 1.85. The lowest BCUT2D eigenvalue weighted by Gasteiger charge is -2.45. The van der Waals surface area contributed by atoms with Crippen LogP contribution in [0.5, 0.6) is 5.75 Å². The second-order valence-corrected chi connectivity index (χ2v) is 9.35. The first kappa shape index (κ1) is 19.1. The van der Waals surface area contributed by atoms with Gasteiger partial charge < -0.3 is 19.9 Å². The van der Waals surface area contributed by atoms with Crippen LogP contribution in [0.25, 0.3) is 16.9 Å². The molecule has 3 aromatic rings. The van der Waals surface area contributed by atoms with Gasteiger partial charge in [0.25, 0.3) is 0 Å². The van der Waals surface area contributed by atoms with Crippen molar-refractivity contribution in [3.63, 3.8) is 0 Å². The smallest absolute Gasteiger partial charge is 0.147 e. The Labute approximate surface area is 176 Å². The van der Waals surface area contributed by atoms with E-state index < -0.39 is 0 Å². The summed E-state index contributed by atoms with van der Waals surface area (Å²) in [6.07, 6.45) is 13.5. The highest BCUT2D eigenvalue weighted by atomic mass is 16.3. The fourth-order valence-electron chi connectivity index (χ4n) is 5.24. The maximum atomic E-state index is 10.5. The molecule has 5 rings (SSSR count). The Morgan fingerprint density at radius 3 is 2.50 bits per heavy atom. The fourth-order valence-corrected chi connectivity index (χ4v) is 5.24. The van der Waals surface area contributed by atoms with Gasteiger partial charge in [-0.1, -0.05) is 0 Å². The van der Waals surface area contributed by atoms with Crippen LogP contribution in [-0.4, -0.2) is 48.8 Å². The van der Waals surface area contributed by atoms with Gasteiger partial charge in [-0.05, 0) is 51.7 Å². The zero-order valence-electron chi connectivity index (χ0n) is 17.7. The predicted molar refractivity (Wildman–Crippen MR) is 117 cm³/mol. The summed E-state index contributed by atoms with van der Waals surface area (Å²) in [4.78, 5) is 15.6. The third-order valence-electron chi connectivity index (χ3n) is 6.81. The monoisotopic (exact) mass is 404 g/mol. The minimum absolute atomic E-state index is 0.174. The van der Waals surface area contributed by atoms with Gasteiger partial charge in [0.1, 0.15) is 11.6 Å². The second-order valence-electron chi connectivity index (χ2n) is 9.35. The molecule has 0 spiro atoms. The highest BCUT2D eigenvalue weighted by Gasteiger charge is 2.49. The van der Waals surface area contributed by atoms with E-state index in [1.54, 1.807) is 24.8 Å². The maximum Gasteiger partial charge on any atom is 0.147 e. The van der Waals surface area contributed by atoms with Crippen molar-refractivity contribution in [2.75, 3.05) is 11.9 Å². The molecule has 0 aliphatic carbocycles. The Morgan fingerprint density at radius 1 is 1.13 bits per heavy atom. The van der Waals surface area contributed by atoms with E-state index in [9.17, 15) is 5.11 Å². The first-order valence-electron chi connectivity index (χ1n) is 10.5. The molecule has 2 fully saturated rings. The van der Waals surface area contributed by atoms with Crippen molar-refractivity contribution >= 4 is 5.82 Å². The lowest BCUT2D eigenvalue weighted by Crippen LogP contribution is -2.58. The quantitative estimate of drug-likeness (QED) is 0.693. The van der Waals surface area contributed by atoms with Crippen LogP contribution < -0.4 is 10.2 Å². The molecule has 1 unspecified atom stereocenters. The van der Waals surface area contributed by atoms with Crippen LogP contribution in [-0.2, 0) is 0 Å². The van der Waals surface area contributed by atoms with Crippen molar-refractivity contribution < 1.29 is 5.11 Å². The number of imidazole rings is 1. The summed E-state index contributed by atoms with van der Waals surface area (Å²) >= 11 is 0. The molecule has 30 heavy (non-hydrogen) atoms. The molecule has 2 bridgehead atoms. The molecule has 2 aliphatic heterocycles. The first-order valence-corrected chi connectivity index (χ1v) is 10.5. The van der Waals surface area contributed by atoms with E-state index in [0.29, 0.717) is 17.3 Å². The third kappa shape index (κ3) is 3.33. The molecular formula is C23H28N6O. The number of rotatable bonds is 4. The standard InChI is InChI=1S/C23H28N6O/c1-22-6-7-23(2,27-22)12-17(11-22)28(3)21-14-25-19(13-26-21)18-5-4-16(10-20(18)30)29-9-8-24-15-29/h4-5,8-10,13-15,17,27,30H,6-7,11-12H2,1-3H3/t17?,22-,23+. The summed E-state index contributed by atoms with van der Waals surface area (Å²) in [6.45, 7) is 4.67. The molecule has 0 amide bonds. The van der Waals surface area contributed by atoms with E-state index in [2.05, 4.69) is 46.1 Å². The van der Waals surface area contributed by atoms with Gasteiger partial charge in [0, 0.05) is 48.2 Å². The molecule has 4 heterocycles. The summed E-state index contributed by atoms with van der Waals surface area (Å²) in [5.41, 5.74) is 2.59. The second kappa shape index (κ2) is 6.80. The number of fused-ring (bicyclic) bond motifs is 2. The highest BCUT2D eigenvalue weighted by Crippen LogP contribution is 2.43. The van der Waals surface area contributed by atoms with Crippen LogP contribution in [0, 0.1) is 0 Å². The van der Waals surface area contributed by atoms with Gasteiger partial charge in [-0.25, -0.2) is 9.97 Å². The Morgan fingerprint density at radius 2 is 1.90 bits per heavy atom. The minimum Gasteiger partial charge on any atom is -0.507 e. The zero-order chi connectivity index (χ0) is 20.9. The number of anilines is 1. The van der Waals surface area contributed by atoms with Gasteiger partial charge in [-0.2, -0.15) is 0 Å². The Kier molecular flexibility index (Phi) is 4.32. The molecule has 3 atom stereocenters. The van der Waals surface area contributed by atoms with Crippen LogP contribution in [0.15, 0.2) is 49.3 Å². The van der Waals surface area contributed by atoms with Gasteiger partial charge in [0.05, 0.1) is 30.1 Å². The number of piperidine rings is 1. The number of phenols is 1. The summed E-state index contributed by atoms with van der Waals surface area (Å²) in [6, 6.07) is 5.95. The average molecular weight is 405 g/mol. The molecular weight excluding hydrogens is 376 g/mol. The van der Waals surface area contributed by atoms with Crippen molar-refractivity contribution in [1.82, 2.24) is 24.8 Å². The third-order valence-corrected chi connectivity index (χ3v) is 6.81. The van der Waals surface area contributed by atoms with E-state index in [1.807, 2.05) is 29.1 Å². The van der Waals surface area contributed by atoms with Crippen LogP contribution in [0.1, 0.15) is 39.5 Å². The molecule has 7 nitrogen and oxygen atoms in total. The molecule has 2 saturated heterocycles. The number of hydrogen-bond acceptors (Lipinski definition) is 6. The van der Waals surface area contributed by atoms with Crippen molar-refractivity contribution in [2.45, 2.75) is 56.7 Å². The lowest BCUT2D eigenvalue weighted by atomic mass is 9.84. The summed E-state index contributed by atoms with van der Waals surface area (Å²) in [5, 5.41) is 14.4. The minimum atomic E-state index is 0.174. The summed E-state index contributed by atoms with van der Waals surface area (Å²) in [5.74, 6) is 1.04. The molecule has 2 N–H and O–H groups in total. The maximum absolute atomic E-state index is 10.5. The number of phenolic OH excluding ortho intramolecular Hbond substituents is 1. The average Bonchev–Trinajstić information content (AvgIpc) is 3.33. The van der Waals surface area contributed by atoms with Crippen molar-refractivity contribution in [2.24, 2.45) is 0 Å². The first-order chi connectivity index (χ1) is 14.3. The largest absolute Gasteiger partial charge is 0.507 e. The van der Waals surface area contributed by atoms with E-state index in [0.717, 1.165) is 24.3 Å². The Bertz CT molecular complexity index is 1030. The molecule has 156 valence electrons. The van der Waals surface area contributed by atoms with Crippen molar-refractivity contribution in [3.8, 4) is 22.7 Å². The molecule has 1 aromatic carbocycles. The van der Waals surface area contributed by atoms with Crippen LogP contribution in [0.2, 0.25) is 0 Å². The van der Waals surface area contributed by atoms with Crippen LogP contribution >= 0.6 is 0 Å². The van der Waals surface area contributed by atoms with Gasteiger partial charge in [-0.15, -0.1) is 0 Å². The Hall–Kier alpha value is -2.93. The molecule has 0 saturated carbocycles. The van der Waals surface area contributed by atoms with Crippen molar-refractivity contribution in [1.29, 1.82) is 0 Å². The summed E-state index contributed by atoms with van der Waals surface area (Å²) in [7, 11) is 2.11. The normalized spacial score (nSPS) is 27.9. The number of hydrogen-bond donors (Lipinski definition) is 2. The molecule has 0 radical (unpaired) electrons. The predicted octanol–water partition coefficient (Wildman–Crippen LogP) is 3.53. The number of benzene rings is 1. The topological polar surface area (TPSA) is 79.1 Å². The van der Waals surface area contributed by atoms with E-state index >= 15 is 0 Å². The zero-order valence-corrected chi connectivity index (χ0v) is 17.7. The van der Waals surface area contributed by atoms with Crippen LogP contribution in [0.3, 0.4) is 0 Å². The van der Waals surface area contributed by atoms with Gasteiger partial charge in [0.15, 0.2) is 0 Å². The van der Waals surface area contributed by atoms with Gasteiger partial charge >= 0.3 is 0 Å². The lowest BCUT2D eigenvalue weighted by molar-refractivity contribution is 0.207.